The number of anilines is 1. The zero-order chi connectivity index (χ0) is 19.1. The Morgan fingerprint density at radius 3 is 2.85 bits per heavy atom. The third-order valence-electron chi connectivity index (χ3n) is 3.97. The molecular formula is C15H11FN6O4S. The molecule has 4 heterocycles. The third-order valence-corrected chi connectivity index (χ3v) is 4.63. The predicted molar refractivity (Wildman–Crippen MR) is 94.4 cm³/mol. The van der Waals surface area contributed by atoms with Crippen molar-refractivity contribution in [2.75, 3.05) is 25.1 Å². The lowest BCUT2D eigenvalue weighted by molar-refractivity contribution is 0.0695. The molecule has 3 aromatic rings. The quantitative estimate of drug-likeness (QED) is 0.652. The van der Waals surface area contributed by atoms with Crippen molar-refractivity contribution >= 4 is 40.1 Å². The standard InChI is InChI=1S/C15H11FN6O4S/c1-26-20-7-3-21(4-7)13-10(16)2-8-11(23)9(14(24)25)5-22(12(8)19-13)15-17-6-18-27-15/h2,5-6H,3-4H2,1H3,(H,24,25). The highest BCUT2D eigenvalue weighted by Gasteiger charge is 2.28. The second-order valence-electron chi connectivity index (χ2n) is 5.63. The molecule has 0 aliphatic carbocycles. The average Bonchev–Trinajstić information content (AvgIpc) is 3.12. The van der Waals surface area contributed by atoms with Crippen LogP contribution in [0.4, 0.5) is 10.2 Å². The summed E-state index contributed by atoms with van der Waals surface area (Å²) in [5, 5.41) is 13.2. The number of hydrogen-bond donors (Lipinski definition) is 1. The molecule has 1 fully saturated rings. The van der Waals surface area contributed by atoms with Gasteiger partial charge < -0.3 is 14.8 Å². The normalized spacial score (nSPS) is 13.6. The van der Waals surface area contributed by atoms with Crippen molar-refractivity contribution < 1.29 is 19.1 Å². The SMILES string of the molecule is CON=C1CN(c2nc3c(cc2F)c(=O)c(C(=O)O)cn3-c2ncns2)C1. The number of hydrogen-bond acceptors (Lipinski definition) is 9. The fourth-order valence-electron chi connectivity index (χ4n) is 2.74. The molecule has 1 saturated heterocycles. The number of carboxylic acid groups (broad SMARTS) is 1. The van der Waals surface area contributed by atoms with Crippen LogP contribution in [0.25, 0.3) is 16.2 Å². The van der Waals surface area contributed by atoms with Crippen LogP contribution in [0.5, 0.6) is 0 Å². The summed E-state index contributed by atoms with van der Waals surface area (Å²) in [6.07, 6.45) is 2.41. The molecule has 0 spiro atoms. The van der Waals surface area contributed by atoms with Gasteiger partial charge in [-0.15, -0.1) is 0 Å². The predicted octanol–water partition coefficient (Wildman–Crippen LogP) is 0.897. The van der Waals surface area contributed by atoms with Crippen molar-refractivity contribution in [3.05, 3.63) is 40.2 Å². The molecule has 1 N–H and O–H groups in total. The van der Waals surface area contributed by atoms with E-state index in [1.165, 1.54) is 18.0 Å². The zero-order valence-electron chi connectivity index (χ0n) is 13.8. The van der Waals surface area contributed by atoms with E-state index in [2.05, 4.69) is 24.3 Å². The lowest BCUT2D eigenvalue weighted by Crippen LogP contribution is -2.48. The van der Waals surface area contributed by atoms with Gasteiger partial charge in [-0.2, -0.15) is 4.37 Å². The van der Waals surface area contributed by atoms with Gasteiger partial charge in [-0.05, 0) is 6.07 Å². The molecule has 0 radical (unpaired) electrons. The van der Waals surface area contributed by atoms with Gasteiger partial charge in [0.2, 0.25) is 10.6 Å². The molecule has 0 aromatic carbocycles. The van der Waals surface area contributed by atoms with E-state index in [1.807, 2.05) is 0 Å². The molecule has 10 nitrogen and oxygen atoms in total. The summed E-state index contributed by atoms with van der Waals surface area (Å²) in [6.45, 7) is 0.666. The number of rotatable bonds is 4. The van der Waals surface area contributed by atoms with Crippen LogP contribution in [0.2, 0.25) is 0 Å². The summed E-state index contributed by atoms with van der Waals surface area (Å²) in [7, 11) is 1.42. The molecule has 138 valence electrons. The number of carbonyl (C=O) groups is 1. The fourth-order valence-corrected chi connectivity index (χ4v) is 3.25. The molecule has 0 unspecified atom stereocenters. The zero-order valence-corrected chi connectivity index (χ0v) is 14.6. The van der Waals surface area contributed by atoms with Crippen LogP contribution in [-0.2, 0) is 4.84 Å². The topological polar surface area (TPSA) is 123 Å². The van der Waals surface area contributed by atoms with Crippen LogP contribution in [0.1, 0.15) is 10.4 Å². The van der Waals surface area contributed by atoms with Crippen molar-refractivity contribution in [2.24, 2.45) is 5.16 Å². The van der Waals surface area contributed by atoms with Gasteiger partial charge in [0.1, 0.15) is 19.0 Å². The van der Waals surface area contributed by atoms with Crippen molar-refractivity contribution in [1.82, 2.24) is 18.9 Å². The summed E-state index contributed by atoms with van der Waals surface area (Å²) >= 11 is 0.986. The van der Waals surface area contributed by atoms with Crippen molar-refractivity contribution in [3.63, 3.8) is 0 Å². The Bertz CT molecular complexity index is 1140. The number of halogens is 1. The first-order valence-electron chi connectivity index (χ1n) is 7.59. The van der Waals surface area contributed by atoms with Crippen LogP contribution in [0.3, 0.4) is 0 Å². The highest BCUT2D eigenvalue weighted by Crippen LogP contribution is 2.26. The molecule has 3 aromatic heterocycles. The second-order valence-corrected chi connectivity index (χ2v) is 6.39. The Labute approximate surface area is 154 Å². The minimum absolute atomic E-state index is 0.0262. The molecule has 12 heteroatoms. The van der Waals surface area contributed by atoms with Crippen LogP contribution < -0.4 is 10.3 Å². The van der Waals surface area contributed by atoms with E-state index in [1.54, 1.807) is 4.90 Å². The number of oxime groups is 1. The summed E-state index contributed by atoms with van der Waals surface area (Å²) in [5.41, 5.74) is -0.511. The van der Waals surface area contributed by atoms with Gasteiger partial charge in [0.05, 0.1) is 24.2 Å². The maximum Gasteiger partial charge on any atom is 0.341 e. The molecule has 1 aliphatic rings. The van der Waals surface area contributed by atoms with Gasteiger partial charge in [0.15, 0.2) is 17.3 Å². The number of aromatic carboxylic acids is 1. The van der Waals surface area contributed by atoms with Crippen LogP contribution in [0.15, 0.2) is 28.5 Å². The lowest BCUT2D eigenvalue weighted by Gasteiger charge is -2.33. The molecule has 27 heavy (non-hydrogen) atoms. The van der Waals surface area contributed by atoms with Gasteiger partial charge in [0.25, 0.3) is 0 Å². The molecule has 0 saturated carbocycles. The maximum absolute atomic E-state index is 14.6. The average molecular weight is 390 g/mol. The lowest BCUT2D eigenvalue weighted by atomic mass is 10.1. The van der Waals surface area contributed by atoms with E-state index >= 15 is 0 Å². The minimum atomic E-state index is -1.42. The molecule has 0 atom stereocenters. The number of nitrogens with zero attached hydrogens (tertiary/aromatic N) is 6. The van der Waals surface area contributed by atoms with E-state index < -0.39 is 22.8 Å². The number of aromatic nitrogens is 4. The van der Waals surface area contributed by atoms with Gasteiger partial charge in [-0.3, -0.25) is 9.36 Å². The van der Waals surface area contributed by atoms with Gasteiger partial charge >= 0.3 is 5.97 Å². The first-order chi connectivity index (χ1) is 13.0. The monoisotopic (exact) mass is 390 g/mol. The molecule has 1 aliphatic heterocycles. The van der Waals surface area contributed by atoms with E-state index in [0.29, 0.717) is 18.2 Å². The Morgan fingerprint density at radius 2 is 2.22 bits per heavy atom. The number of fused-ring (bicyclic) bond motifs is 1. The largest absolute Gasteiger partial charge is 0.477 e. The van der Waals surface area contributed by atoms with Gasteiger partial charge in [0, 0.05) is 17.7 Å². The summed E-state index contributed by atoms with van der Waals surface area (Å²) in [4.78, 5) is 38.5. The third kappa shape index (κ3) is 2.79. The Morgan fingerprint density at radius 1 is 1.44 bits per heavy atom. The van der Waals surface area contributed by atoms with Crippen LogP contribution in [-0.4, -0.2) is 55.9 Å². The minimum Gasteiger partial charge on any atom is -0.477 e. The number of pyridine rings is 2. The van der Waals surface area contributed by atoms with Crippen molar-refractivity contribution in [1.29, 1.82) is 0 Å². The summed E-state index contributed by atoms with van der Waals surface area (Å²) in [5.74, 6) is -2.13. The Balaban J connectivity index is 1.93. The fraction of sp³-hybridized carbons (Fsp3) is 0.200. The Kier molecular flexibility index (Phi) is 4.03. The molecular weight excluding hydrogens is 379 g/mol. The van der Waals surface area contributed by atoms with Gasteiger partial charge in [-0.1, -0.05) is 5.16 Å². The van der Waals surface area contributed by atoms with E-state index in [4.69, 9.17) is 0 Å². The van der Waals surface area contributed by atoms with Crippen LogP contribution >= 0.6 is 11.5 Å². The van der Waals surface area contributed by atoms with E-state index in [9.17, 15) is 19.1 Å². The highest BCUT2D eigenvalue weighted by atomic mass is 32.1. The second kappa shape index (κ2) is 6.39. The summed E-state index contributed by atoms with van der Waals surface area (Å²) in [6, 6.07) is 0.995. The van der Waals surface area contributed by atoms with E-state index in [-0.39, 0.29) is 16.9 Å². The highest BCUT2D eigenvalue weighted by molar-refractivity contribution is 7.08. The van der Waals surface area contributed by atoms with E-state index in [0.717, 1.165) is 29.5 Å². The smallest absolute Gasteiger partial charge is 0.341 e. The van der Waals surface area contributed by atoms with Gasteiger partial charge in [-0.25, -0.2) is 19.2 Å². The van der Waals surface area contributed by atoms with Crippen molar-refractivity contribution in [3.8, 4) is 5.13 Å². The first-order valence-corrected chi connectivity index (χ1v) is 8.37. The summed E-state index contributed by atoms with van der Waals surface area (Å²) < 4.78 is 19.8. The van der Waals surface area contributed by atoms with Crippen molar-refractivity contribution in [2.45, 2.75) is 0 Å². The maximum atomic E-state index is 14.6. The molecule has 4 rings (SSSR count). The van der Waals surface area contributed by atoms with Crippen LogP contribution in [0, 0.1) is 5.82 Å². The molecule has 0 amide bonds. The first kappa shape index (κ1) is 17.0. The molecule has 0 bridgehead atoms. The Hall–Kier alpha value is -3.41. The number of carboxylic acids is 1.